The summed E-state index contributed by atoms with van der Waals surface area (Å²) in [6, 6.07) is 8.05. The van der Waals surface area contributed by atoms with Gasteiger partial charge in [0.05, 0.1) is 7.11 Å². The van der Waals surface area contributed by atoms with E-state index in [4.69, 9.17) is 4.74 Å². The molecule has 2 aromatic rings. The molecule has 0 radical (unpaired) electrons. The first-order chi connectivity index (χ1) is 9.35. The number of fused-ring (bicyclic) bond motifs is 1. The molecular formula is C15H17N3O. The maximum atomic E-state index is 5.23. The van der Waals surface area contributed by atoms with Crippen LogP contribution in [0.4, 0.5) is 0 Å². The molecule has 1 aliphatic rings. The third-order valence-corrected chi connectivity index (χ3v) is 3.35. The molecule has 0 atom stereocenters. The fourth-order valence-electron chi connectivity index (χ4n) is 2.33. The van der Waals surface area contributed by atoms with Crippen molar-refractivity contribution in [3.05, 3.63) is 53.1 Å². The van der Waals surface area contributed by atoms with Crippen LogP contribution in [0.25, 0.3) is 0 Å². The fraction of sp³-hybridized carbons (Fsp3) is 0.333. The molecule has 4 heteroatoms. The Morgan fingerprint density at radius 1 is 1.37 bits per heavy atom. The fourth-order valence-corrected chi connectivity index (χ4v) is 2.33. The molecule has 98 valence electrons. The van der Waals surface area contributed by atoms with Crippen molar-refractivity contribution in [1.29, 1.82) is 0 Å². The number of benzene rings is 1. The van der Waals surface area contributed by atoms with Crippen LogP contribution >= 0.6 is 0 Å². The second-order valence-electron chi connectivity index (χ2n) is 4.71. The topological polar surface area (TPSA) is 47.0 Å². The SMILES string of the molecule is COc1cccc(Cc2ncc3c(n2)CCNC3)c1. The second kappa shape index (κ2) is 5.36. The highest BCUT2D eigenvalue weighted by molar-refractivity contribution is 5.30. The van der Waals surface area contributed by atoms with Gasteiger partial charge in [-0.3, -0.25) is 0 Å². The van der Waals surface area contributed by atoms with Crippen molar-refractivity contribution in [2.24, 2.45) is 0 Å². The van der Waals surface area contributed by atoms with Gasteiger partial charge in [-0.2, -0.15) is 0 Å². The molecule has 1 aromatic heterocycles. The monoisotopic (exact) mass is 255 g/mol. The first-order valence-corrected chi connectivity index (χ1v) is 6.52. The van der Waals surface area contributed by atoms with E-state index in [2.05, 4.69) is 21.4 Å². The minimum Gasteiger partial charge on any atom is -0.497 e. The van der Waals surface area contributed by atoms with Crippen molar-refractivity contribution in [2.75, 3.05) is 13.7 Å². The van der Waals surface area contributed by atoms with Crippen molar-refractivity contribution >= 4 is 0 Å². The average Bonchev–Trinajstić information content (AvgIpc) is 2.47. The summed E-state index contributed by atoms with van der Waals surface area (Å²) in [6.07, 6.45) is 3.69. The Hall–Kier alpha value is -1.94. The van der Waals surface area contributed by atoms with E-state index >= 15 is 0 Å². The Morgan fingerprint density at radius 3 is 3.21 bits per heavy atom. The van der Waals surface area contributed by atoms with Crippen LogP contribution in [0.3, 0.4) is 0 Å². The van der Waals surface area contributed by atoms with Crippen LogP contribution in [-0.2, 0) is 19.4 Å². The van der Waals surface area contributed by atoms with Gasteiger partial charge in [0.25, 0.3) is 0 Å². The third-order valence-electron chi connectivity index (χ3n) is 3.35. The number of nitrogens with one attached hydrogen (secondary N) is 1. The van der Waals surface area contributed by atoms with Crippen molar-refractivity contribution in [3.8, 4) is 5.75 Å². The van der Waals surface area contributed by atoms with Gasteiger partial charge >= 0.3 is 0 Å². The van der Waals surface area contributed by atoms with Crippen molar-refractivity contribution in [1.82, 2.24) is 15.3 Å². The Kier molecular flexibility index (Phi) is 3.42. The smallest absolute Gasteiger partial charge is 0.132 e. The van der Waals surface area contributed by atoms with Gasteiger partial charge in [-0.05, 0) is 17.7 Å². The predicted molar refractivity (Wildman–Crippen MR) is 73.2 cm³/mol. The summed E-state index contributed by atoms with van der Waals surface area (Å²) in [5.74, 6) is 1.76. The first kappa shape index (κ1) is 12.1. The summed E-state index contributed by atoms with van der Waals surface area (Å²) < 4.78 is 5.23. The van der Waals surface area contributed by atoms with E-state index in [9.17, 15) is 0 Å². The highest BCUT2D eigenvalue weighted by Gasteiger charge is 2.11. The molecule has 0 saturated heterocycles. The molecule has 1 aromatic carbocycles. The lowest BCUT2D eigenvalue weighted by atomic mass is 10.1. The van der Waals surface area contributed by atoms with Gasteiger partial charge in [0.1, 0.15) is 11.6 Å². The van der Waals surface area contributed by atoms with Crippen LogP contribution in [0.2, 0.25) is 0 Å². The molecule has 0 amide bonds. The normalized spacial score (nSPS) is 13.9. The zero-order valence-corrected chi connectivity index (χ0v) is 11.0. The maximum absolute atomic E-state index is 5.23. The van der Waals surface area contributed by atoms with Crippen molar-refractivity contribution in [3.63, 3.8) is 0 Å². The zero-order chi connectivity index (χ0) is 13.1. The molecule has 2 heterocycles. The number of aromatic nitrogens is 2. The zero-order valence-electron chi connectivity index (χ0n) is 11.0. The van der Waals surface area contributed by atoms with Gasteiger partial charge in [-0.1, -0.05) is 12.1 Å². The lowest BCUT2D eigenvalue weighted by Crippen LogP contribution is -2.25. The van der Waals surface area contributed by atoms with E-state index in [0.29, 0.717) is 0 Å². The molecule has 1 N–H and O–H groups in total. The maximum Gasteiger partial charge on any atom is 0.132 e. The average molecular weight is 255 g/mol. The molecule has 0 spiro atoms. The Labute approximate surface area is 112 Å². The molecule has 1 aliphatic heterocycles. The van der Waals surface area contributed by atoms with Crippen LogP contribution < -0.4 is 10.1 Å². The van der Waals surface area contributed by atoms with Gasteiger partial charge in [-0.15, -0.1) is 0 Å². The highest BCUT2D eigenvalue weighted by atomic mass is 16.5. The van der Waals surface area contributed by atoms with Crippen LogP contribution in [0.15, 0.2) is 30.5 Å². The Balaban J connectivity index is 1.82. The van der Waals surface area contributed by atoms with E-state index in [0.717, 1.165) is 37.5 Å². The summed E-state index contributed by atoms with van der Waals surface area (Å²) in [5, 5.41) is 3.33. The van der Waals surface area contributed by atoms with E-state index in [-0.39, 0.29) is 0 Å². The lowest BCUT2D eigenvalue weighted by Gasteiger charge is -2.16. The van der Waals surface area contributed by atoms with Gasteiger partial charge < -0.3 is 10.1 Å². The molecule has 19 heavy (non-hydrogen) atoms. The van der Waals surface area contributed by atoms with Crippen LogP contribution in [0, 0.1) is 0 Å². The Bertz CT molecular complexity index is 583. The summed E-state index contributed by atoms with van der Waals surface area (Å²) in [4.78, 5) is 9.12. The summed E-state index contributed by atoms with van der Waals surface area (Å²) >= 11 is 0. The number of rotatable bonds is 3. The predicted octanol–water partition coefficient (Wildman–Crippen LogP) is 1.72. The molecule has 0 aliphatic carbocycles. The van der Waals surface area contributed by atoms with E-state index in [1.165, 1.54) is 16.8 Å². The van der Waals surface area contributed by atoms with Gasteiger partial charge in [0.2, 0.25) is 0 Å². The minimum atomic E-state index is 0.748. The first-order valence-electron chi connectivity index (χ1n) is 6.52. The molecule has 0 fully saturated rings. The van der Waals surface area contributed by atoms with E-state index in [1.54, 1.807) is 7.11 Å². The van der Waals surface area contributed by atoms with Crippen LogP contribution in [0.1, 0.15) is 22.6 Å². The Morgan fingerprint density at radius 2 is 2.32 bits per heavy atom. The molecule has 0 saturated carbocycles. The minimum absolute atomic E-state index is 0.748. The number of hydrogen-bond acceptors (Lipinski definition) is 4. The second-order valence-corrected chi connectivity index (χ2v) is 4.71. The van der Waals surface area contributed by atoms with Gasteiger partial charge in [0, 0.05) is 43.4 Å². The third kappa shape index (κ3) is 2.74. The van der Waals surface area contributed by atoms with Crippen molar-refractivity contribution in [2.45, 2.75) is 19.4 Å². The molecule has 4 nitrogen and oxygen atoms in total. The number of nitrogens with zero attached hydrogens (tertiary/aromatic N) is 2. The van der Waals surface area contributed by atoms with Gasteiger partial charge in [0.15, 0.2) is 0 Å². The number of ether oxygens (including phenoxy) is 1. The lowest BCUT2D eigenvalue weighted by molar-refractivity contribution is 0.414. The van der Waals surface area contributed by atoms with E-state index < -0.39 is 0 Å². The summed E-state index contributed by atoms with van der Waals surface area (Å²) in [7, 11) is 1.68. The van der Waals surface area contributed by atoms with Crippen LogP contribution in [0.5, 0.6) is 5.75 Å². The quantitative estimate of drug-likeness (QED) is 0.907. The summed E-state index contributed by atoms with van der Waals surface area (Å²) in [6.45, 7) is 1.89. The van der Waals surface area contributed by atoms with Gasteiger partial charge in [-0.25, -0.2) is 9.97 Å². The molecular weight excluding hydrogens is 238 g/mol. The van der Waals surface area contributed by atoms with E-state index in [1.807, 2.05) is 24.4 Å². The number of methoxy groups -OCH3 is 1. The van der Waals surface area contributed by atoms with Crippen LogP contribution in [-0.4, -0.2) is 23.6 Å². The largest absolute Gasteiger partial charge is 0.497 e. The molecule has 0 unspecified atom stereocenters. The molecule has 0 bridgehead atoms. The number of hydrogen-bond donors (Lipinski definition) is 1. The standard InChI is InChI=1S/C15H17N3O/c1-19-13-4-2-3-11(7-13)8-15-17-10-12-9-16-6-5-14(12)18-15/h2-4,7,10,16H,5-6,8-9H2,1H3. The van der Waals surface area contributed by atoms with Crippen molar-refractivity contribution < 1.29 is 4.74 Å². The molecule has 3 rings (SSSR count). The highest BCUT2D eigenvalue weighted by Crippen LogP contribution is 2.16. The summed E-state index contributed by atoms with van der Waals surface area (Å²) in [5.41, 5.74) is 3.58.